The number of esters is 1. The van der Waals surface area contributed by atoms with E-state index < -0.39 is 17.4 Å². The lowest BCUT2D eigenvalue weighted by Gasteiger charge is -2.23. The minimum absolute atomic E-state index is 0.114. The third kappa shape index (κ3) is 2.94. The van der Waals surface area contributed by atoms with Crippen molar-refractivity contribution in [3.05, 3.63) is 0 Å². The van der Waals surface area contributed by atoms with Gasteiger partial charge in [0.1, 0.15) is 0 Å². The Morgan fingerprint density at radius 1 is 1.47 bits per heavy atom. The molecule has 1 N–H and O–H groups in total. The summed E-state index contributed by atoms with van der Waals surface area (Å²) in [5.41, 5.74) is -1.69. The van der Waals surface area contributed by atoms with Crippen molar-refractivity contribution in [2.45, 2.75) is 33.1 Å². The van der Waals surface area contributed by atoms with Gasteiger partial charge in [-0.05, 0) is 13.3 Å². The van der Waals surface area contributed by atoms with Crippen LogP contribution in [-0.4, -0.2) is 23.7 Å². The molecule has 0 aromatic rings. The summed E-state index contributed by atoms with van der Waals surface area (Å²) in [6, 6.07) is 1.73. The second kappa shape index (κ2) is 6.02. The summed E-state index contributed by atoms with van der Waals surface area (Å²) in [4.78, 5) is 22.6. The van der Waals surface area contributed by atoms with E-state index in [1.807, 2.05) is 0 Å². The van der Waals surface area contributed by atoms with Crippen LogP contribution in [0.1, 0.15) is 33.1 Å². The summed E-state index contributed by atoms with van der Waals surface area (Å²) in [6.07, 6.45) is 0.274. The summed E-state index contributed by atoms with van der Waals surface area (Å²) < 4.78 is 4.70. The number of carboxylic acid groups (broad SMARTS) is 1. The zero-order chi connectivity index (χ0) is 11.9. The molecule has 0 bridgehead atoms. The van der Waals surface area contributed by atoms with E-state index in [2.05, 4.69) is 0 Å². The Labute approximate surface area is 88.6 Å². The Morgan fingerprint density at radius 2 is 2.07 bits per heavy atom. The number of aliphatic carboxylic acids is 1. The van der Waals surface area contributed by atoms with Crippen LogP contribution in [0.2, 0.25) is 0 Å². The molecular weight excluding hydrogens is 198 g/mol. The van der Waals surface area contributed by atoms with E-state index in [1.165, 1.54) is 0 Å². The van der Waals surface area contributed by atoms with Gasteiger partial charge in [-0.25, -0.2) is 0 Å². The summed E-state index contributed by atoms with van der Waals surface area (Å²) in [6.45, 7) is 3.47. The van der Waals surface area contributed by atoms with Crippen molar-refractivity contribution in [2.75, 3.05) is 6.61 Å². The molecule has 84 valence electrons. The quantitative estimate of drug-likeness (QED) is 0.531. The summed E-state index contributed by atoms with van der Waals surface area (Å²) in [5.74, 6) is -2.11. The maximum Gasteiger partial charge on any atom is 0.324 e. The SMILES string of the molecule is CCCC(CC#N)(C(=O)O)C(=O)OCC. The maximum atomic E-state index is 11.5. The van der Waals surface area contributed by atoms with E-state index in [-0.39, 0.29) is 19.4 Å². The normalized spacial score (nSPS) is 13.7. The molecule has 0 aliphatic carbocycles. The molecule has 0 aliphatic rings. The molecule has 0 aliphatic heterocycles. The first-order chi connectivity index (χ1) is 7.05. The van der Waals surface area contributed by atoms with E-state index in [9.17, 15) is 9.59 Å². The molecule has 0 amide bonds. The Kier molecular flexibility index (Phi) is 5.39. The van der Waals surface area contributed by atoms with Gasteiger partial charge in [0.25, 0.3) is 0 Å². The van der Waals surface area contributed by atoms with E-state index in [0.717, 1.165) is 0 Å². The summed E-state index contributed by atoms with van der Waals surface area (Å²) in [7, 11) is 0. The van der Waals surface area contributed by atoms with Crippen molar-refractivity contribution in [1.29, 1.82) is 5.26 Å². The second-order valence-corrected chi connectivity index (χ2v) is 3.19. The minimum Gasteiger partial charge on any atom is -0.480 e. The molecule has 0 heterocycles. The zero-order valence-corrected chi connectivity index (χ0v) is 8.95. The predicted molar refractivity (Wildman–Crippen MR) is 51.8 cm³/mol. The number of ether oxygens (including phenoxy) is 1. The molecule has 0 aromatic heterocycles. The number of carboxylic acids is 1. The molecule has 1 unspecified atom stereocenters. The van der Waals surface area contributed by atoms with Gasteiger partial charge in [-0.3, -0.25) is 9.59 Å². The van der Waals surface area contributed by atoms with Crippen LogP contribution >= 0.6 is 0 Å². The first-order valence-corrected chi connectivity index (χ1v) is 4.82. The fourth-order valence-electron chi connectivity index (χ4n) is 1.36. The highest BCUT2D eigenvalue weighted by atomic mass is 16.5. The van der Waals surface area contributed by atoms with E-state index >= 15 is 0 Å². The number of hydrogen-bond donors (Lipinski definition) is 1. The molecule has 5 heteroatoms. The average molecular weight is 213 g/mol. The highest BCUT2D eigenvalue weighted by Crippen LogP contribution is 2.30. The Hall–Kier alpha value is -1.57. The van der Waals surface area contributed by atoms with Gasteiger partial charge < -0.3 is 9.84 Å². The van der Waals surface area contributed by atoms with Gasteiger partial charge in [-0.2, -0.15) is 5.26 Å². The fourth-order valence-corrected chi connectivity index (χ4v) is 1.36. The first-order valence-electron chi connectivity index (χ1n) is 4.82. The van der Waals surface area contributed by atoms with Gasteiger partial charge >= 0.3 is 11.9 Å². The highest BCUT2D eigenvalue weighted by Gasteiger charge is 2.46. The Balaban J connectivity index is 5.03. The molecule has 0 radical (unpaired) electrons. The van der Waals surface area contributed by atoms with E-state index in [1.54, 1.807) is 19.9 Å². The van der Waals surface area contributed by atoms with Gasteiger partial charge in [0.05, 0.1) is 19.1 Å². The fraction of sp³-hybridized carbons (Fsp3) is 0.700. The number of nitriles is 1. The standard InChI is InChI=1S/C10H15NO4/c1-3-5-10(6-7-11,8(12)13)9(14)15-4-2/h3-6H2,1-2H3,(H,12,13). The van der Waals surface area contributed by atoms with E-state index in [4.69, 9.17) is 15.1 Å². The van der Waals surface area contributed by atoms with Crippen molar-refractivity contribution in [1.82, 2.24) is 0 Å². The lowest BCUT2D eigenvalue weighted by molar-refractivity contribution is -0.169. The first kappa shape index (κ1) is 13.4. The van der Waals surface area contributed by atoms with Crippen LogP contribution < -0.4 is 0 Å². The average Bonchev–Trinajstić information content (AvgIpc) is 2.17. The number of carbonyl (C=O) groups excluding carboxylic acids is 1. The van der Waals surface area contributed by atoms with Gasteiger partial charge in [0, 0.05) is 0 Å². The summed E-state index contributed by atoms with van der Waals surface area (Å²) in [5, 5.41) is 17.6. The molecule has 5 nitrogen and oxygen atoms in total. The number of nitrogens with zero attached hydrogens (tertiary/aromatic N) is 1. The highest BCUT2D eigenvalue weighted by molar-refractivity contribution is 5.99. The minimum atomic E-state index is -1.69. The van der Waals surface area contributed by atoms with Crippen LogP contribution in [0.3, 0.4) is 0 Å². The van der Waals surface area contributed by atoms with Gasteiger partial charge in [0.2, 0.25) is 0 Å². The van der Waals surface area contributed by atoms with Gasteiger partial charge in [-0.15, -0.1) is 0 Å². The molecule has 0 rings (SSSR count). The predicted octanol–water partition coefficient (Wildman–Crippen LogP) is 1.33. The van der Waals surface area contributed by atoms with Crippen molar-refractivity contribution >= 4 is 11.9 Å². The Morgan fingerprint density at radius 3 is 2.40 bits per heavy atom. The van der Waals surface area contributed by atoms with Crippen molar-refractivity contribution in [2.24, 2.45) is 5.41 Å². The lowest BCUT2D eigenvalue weighted by atomic mass is 9.80. The largest absolute Gasteiger partial charge is 0.480 e. The molecule has 1 atom stereocenters. The second-order valence-electron chi connectivity index (χ2n) is 3.19. The maximum absolute atomic E-state index is 11.5. The van der Waals surface area contributed by atoms with Crippen molar-refractivity contribution < 1.29 is 19.4 Å². The zero-order valence-electron chi connectivity index (χ0n) is 8.95. The molecule has 0 aromatic carbocycles. The van der Waals surface area contributed by atoms with Gasteiger partial charge in [0.15, 0.2) is 5.41 Å². The monoisotopic (exact) mass is 213 g/mol. The number of hydrogen-bond acceptors (Lipinski definition) is 4. The van der Waals surface area contributed by atoms with Crippen LogP contribution in [0, 0.1) is 16.7 Å². The van der Waals surface area contributed by atoms with Crippen molar-refractivity contribution in [3.8, 4) is 6.07 Å². The van der Waals surface area contributed by atoms with Crippen LogP contribution in [0.25, 0.3) is 0 Å². The third-order valence-electron chi connectivity index (χ3n) is 2.13. The molecule has 0 spiro atoms. The van der Waals surface area contributed by atoms with Crippen molar-refractivity contribution in [3.63, 3.8) is 0 Å². The molecular formula is C10H15NO4. The number of rotatable bonds is 6. The van der Waals surface area contributed by atoms with Crippen LogP contribution in [0.4, 0.5) is 0 Å². The molecule has 15 heavy (non-hydrogen) atoms. The lowest BCUT2D eigenvalue weighted by Crippen LogP contribution is -2.40. The van der Waals surface area contributed by atoms with Crippen LogP contribution in [0.15, 0.2) is 0 Å². The summed E-state index contributed by atoms with van der Waals surface area (Å²) >= 11 is 0. The van der Waals surface area contributed by atoms with Crippen LogP contribution in [0.5, 0.6) is 0 Å². The smallest absolute Gasteiger partial charge is 0.324 e. The van der Waals surface area contributed by atoms with Crippen LogP contribution in [-0.2, 0) is 14.3 Å². The third-order valence-corrected chi connectivity index (χ3v) is 2.13. The number of carbonyl (C=O) groups is 2. The molecule has 0 saturated heterocycles. The molecule has 0 fully saturated rings. The topological polar surface area (TPSA) is 87.4 Å². The van der Waals surface area contributed by atoms with Gasteiger partial charge in [-0.1, -0.05) is 13.3 Å². The van der Waals surface area contributed by atoms with E-state index in [0.29, 0.717) is 6.42 Å². The Bertz CT molecular complexity index is 282. The molecule has 0 saturated carbocycles.